The minimum absolute atomic E-state index is 0.201. The van der Waals surface area contributed by atoms with E-state index in [9.17, 15) is 10.4 Å². The van der Waals surface area contributed by atoms with E-state index in [2.05, 4.69) is 18.0 Å². The largest absolute Gasteiger partial charge is 0.488 e. The zero-order valence-corrected chi connectivity index (χ0v) is 15.5. The van der Waals surface area contributed by atoms with Crippen LogP contribution in [0.3, 0.4) is 0 Å². The highest BCUT2D eigenvalue weighted by atomic mass is 16.5. The summed E-state index contributed by atoms with van der Waals surface area (Å²) in [4.78, 5) is 2.31. The van der Waals surface area contributed by atoms with Gasteiger partial charge in [0.15, 0.2) is 0 Å². The molecule has 0 spiro atoms. The minimum atomic E-state index is -0.926. The second kappa shape index (κ2) is 7.32. The molecular weight excluding hydrogens is 340 g/mol. The SMILES string of the molecule is CN1C2COCC1CC(O)(c1ccc(C#N)c(OCc3ccccc3)c1)C2. The first kappa shape index (κ1) is 18.0. The molecule has 2 unspecified atom stereocenters. The van der Waals surface area contributed by atoms with E-state index in [1.54, 1.807) is 6.07 Å². The molecular formula is C22H24N2O3. The first-order valence-electron chi connectivity index (χ1n) is 9.32. The summed E-state index contributed by atoms with van der Waals surface area (Å²) in [5.74, 6) is 0.521. The molecule has 2 aromatic carbocycles. The van der Waals surface area contributed by atoms with Crippen LogP contribution in [0.4, 0.5) is 0 Å². The first-order chi connectivity index (χ1) is 13.1. The highest BCUT2D eigenvalue weighted by Gasteiger charge is 2.45. The smallest absolute Gasteiger partial charge is 0.137 e. The maximum atomic E-state index is 11.4. The molecule has 0 aliphatic carbocycles. The van der Waals surface area contributed by atoms with E-state index in [-0.39, 0.29) is 12.1 Å². The molecule has 0 aromatic heterocycles. The number of likely N-dealkylation sites (N-methyl/N-ethyl adjacent to an activating group) is 1. The summed E-state index contributed by atoms with van der Waals surface area (Å²) in [7, 11) is 2.10. The molecule has 0 amide bonds. The van der Waals surface area contributed by atoms with E-state index in [4.69, 9.17) is 9.47 Å². The standard InChI is InChI=1S/C22H24N2O3/c1-24-19-10-22(25,11-20(24)15-26-14-19)18-8-7-17(12-23)21(9-18)27-13-16-5-3-2-4-6-16/h2-9,19-20,25H,10-11,13-15H2,1H3. The molecule has 2 atom stereocenters. The number of benzene rings is 2. The summed E-state index contributed by atoms with van der Waals surface area (Å²) in [6.07, 6.45) is 1.23. The van der Waals surface area contributed by atoms with Gasteiger partial charge in [-0.05, 0) is 43.1 Å². The fraction of sp³-hybridized carbons (Fsp3) is 0.409. The molecule has 0 radical (unpaired) electrons. The Hall–Kier alpha value is -2.39. The van der Waals surface area contributed by atoms with Crippen molar-refractivity contribution in [2.75, 3.05) is 20.3 Å². The monoisotopic (exact) mass is 364 g/mol. The number of ether oxygens (including phenoxy) is 2. The summed E-state index contributed by atoms with van der Waals surface area (Å²) in [5, 5.41) is 20.9. The van der Waals surface area contributed by atoms with Crippen LogP contribution in [0.2, 0.25) is 0 Å². The van der Waals surface area contributed by atoms with Gasteiger partial charge in [0.25, 0.3) is 0 Å². The maximum Gasteiger partial charge on any atom is 0.137 e. The van der Waals surface area contributed by atoms with Crippen LogP contribution in [-0.2, 0) is 16.9 Å². The van der Waals surface area contributed by atoms with E-state index < -0.39 is 5.60 Å². The summed E-state index contributed by atoms with van der Waals surface area (Å²) >= 11 is 0. The number of rotatable bonds is 4. The predicted molar refractivity (Wildman–Crippen MR) is 101 cm³/mol. The lowest BCUT2D eigenvalue weighted by Gasteiger charge is -2.50. The molecule has 1 N–H and O–H groups in total. The van der Waals surface area contributed by atoms with Crippen molar-refractivity contribution in [3.8, 4) is 11.8 Å². The van der Waals surface area contributed by atoms with Gasteiger partial charge >= 0.3 is 0 Å². The Morgan fingerprint density at radius 2 is 1.89 bits per heavy atom. The lowest BCUT2D eigenvalue weighted by atomic mass is 9.77. The Kier molecular flexibility index (Phi) is 4.88. The molecule has 27 heavy (non-hydrogen) atoms. The van der Waals surface area contributed by atoms with Crippen molar-refractivity contribution in [2.24, 2.45) is 0 Å². The van der Waals surface area contributed by atoms with Crippen LogP contribution in [0.25, 0.3) is 0 Å². The second-order valence-corrected chi connectivity index (χ2v) is 7.55. The number of nitriles is 1. The van der Waals surface area contributed by atoms with Crippen LogP contribution in [0.1, 0.15) is 29.5 Å². The number of piperidine rings is 1. The lowest BCUT2D eigenvalue weighted by molar-refractivity contribution is -0.137. The van der Waals surface area contributed by atoms with Crippen molar-refractivity contribution in [2.45, 2.75) is 37.1 Å². The highest BCUT2D eigenvalue weighted by molar-refractivity contribution is 5.47. The minimum Gasteiger partial charge on any atom is -0.488 e. The Balaban J connectivity index is 1.59. The summed E-state index contributed by atoms with van der Waals surface area (Å²) in [6.45, 7) is 1.67. The average molecular weight is 364 g/mol. The van der Waals surface area contributed by atoms with Gasteiger partial charge in [0.1, 0.15) is 18.4 Å². The number of nitrogens with zero attached hydrogens (tertiary/aromatic N) is 2. The van der Waals surface area contributed by atoms with Gasteiger partial charge in [-0.3, -0.25) is 4.90 Å². The molecule has 2 aromatic rings. The Morgan fingerprint density at radius 3 is 2.56 bits per heavy atom. The molecule has 2 fully saturated rings. The summed E-state index contributed by atoms with van der Waals surface area (Å²) in [6, 6.07) is 17.9. The van der Waals surface area contributed by atoms with Crippen molar-refractivity contribution in [1.29, 1.82) is 5.26 Å². The van der Waals surface area contributed by atoms with Gasteiger partial charge in [0.2, 0.25) is 0 Å². The average Bonchev–Trinajstić information content (AvgIpc) is 2.68. The lowest BCUT2D eigenvalue weighted by Crippen LogP contribution is -2.59. The van der Waals surface area contributed by atoms with Crippen molar-refractivity contribution in [3.63, 3.8) is 0 Å². The quantitative estimate of drug-likeness (QED) is 0.904. The van der Waals surface area contributed by atoms with Crippen molar-refractivity contribution >= 4 is 0 Å². The number of morpholine rings is 1. The fourth-order valence-corrected chi connectivity index (χ4v) is 4.14. The zero-order valence-electron chi connectivity index (χ0n) is 15.5. The van der Waals surface area contributed by atoms with Gasteiger partial charge < -0.3 is 14.6 Å². The van der Waals surface area contributed by atoms with Gasteiger partial charge in [-0.1, -0.05) is 36.4 Å². The topological polar surface area (TPSA) is 65.7 Å². The van der Waals surface area contributed by atoms with Crippen LogP contribution in [0.5, 0.6) is 5.75 Å². The van der Waals surface area contributed by atoms with Gasteiger partial charge in [0, 0.05) is 12.1 Å². The molecule has 2 heterocycles. The van der Waals surface area contributed by atoms with E-state index >= 15 is 0 Å². The third-order valence-electron chi connectivity index (χ3n) is 5.80. The number of hydrogen-bond donors (Lipinski definition) is 1. The number of hydrogen-bond acceptors (Lipinski definition) is 5. The van der Waals surface area contributed by atoms with E-state index in [1.807, 2.05) is 42.5 Å². The normalized spacial score (nSPS) is 27.7. The molecule has 5 nitrogen and oxygen atoms in total. The molecule has 2 saturated heterocycles. The summed E-state index contributed by atoms with van der Waals surface area (Å²) in [5.41, 5.74) is 1.41. The highest BCUT2D eigenvalue weighted by Crippen LogP contribution is 2.41. The van der Waals surface area contributed by atoms with Gasteiger partial charge in [0.05, 0.1) is 24.4 Å². The van der Waals surface area contributed by atoms with Crippen molar-refractivity contribution in [1.82, 2.24) is 4.90 Å². The van der Waals surface area contributed by atoms with E-state index in [0.29, 0.717) is 44.0 Å². The zero-order chi connectivity index (χ0) is 18.9. The molecule has 2 aliphatic heterocycles. The van der Waals surface area contributed by atoms with Crippen molar-refractivity contribution < 1.29 is 14.6 Å². The Labute approximate surface area is 159 Å². The molecule has 4 rings (SSSR count). The van der Waals surface area contributed by atoms with Gasteiger partial charge in [-0.15, -0.1) is 0 Å². The number of aliphatic hydroxyl groups is 1. The van der Waals surface area contributed by atoms with Crippen molar-refractivity contribution in [3.05, 3.63) is 65.2 Å². The van der Waals surface area contributed by atoms with Crippen LogP contribution >= 0.6 is 0 Å². The van der Waals surface area contributed by atoms with Crippen LogP contribution in [0.15, 0.2) is 48.5 Å². The van der Waals surface area contributed by atoms with E-state index in [1.165, 1.54) is 0 Å². The summed E-state index contributed by atoms with van der Waals surface area (Å²) < 4.78 is 11.6. The maximum absolute atomic E-state index is 11.4. The molecule has 5 heteroatoms. The Morgan fingerprint density at radius 1 is 1.19 bits per heavy atom. The van der Waals surface area contributed by atoms with E-state index in [0.717, 1.165) is 11.1 Å². The van der Waals surface area contributed by atoms with Crippen LogP contribution in [-0.4, -0.2) is 42.4 Å². The van der Waals surface area contributed by atoms with Crippen LogP contribution < -0.4 is 4.74 Å². The third-order valence-corrected chi connectivity index (χ3v) is 5.80. The fourth-order valence-electron chi connectivity index (χ4n) is 4.14. The molecule has 2 bridgehead atoms. The second-order valence-electron chi connectivity index (χ2n) is 7.55. The van der Waals surface area contributed by atoms with Crippen LogP contribution in [0, 0.1) is 11.3 Å². The first-order valence-corrected chi connectivity index (χ1v) is 9.32. The predicted octanol–water partition coefficient (Wildman–Crippen LogP) is 2.82. The van der Waals surface area contributed by atoms with Gasteiger partial charge in [-0.2, -0.15) is 5.26 Å². The number of fused-ring (bicyclic) bond motifs is 2. The molecule has 2 aliphatic rings. The molecule has 140 valence electrons. The van der Waals surface area contributed by atoms with Gasteiger partial charge in [-0.25, -0.2) is 0 Å². The molecule has 0 saturated carbocycles. The Bertz CT molecular complexity index is 832. The third kappa shape index (κ3) is 3.57.